The number of alkyl halides is 1. The molecule has 0 bridgehead atoms. The summed E-state index contributed by atoms with van der Waals surface area (Å²) in [5.74, 6) is 0. The van der Waals surface area contributed by atoms with Crippen LogP contribution in [0.5, 0.6) is 0 Å². The van der Waals surface area contributed by atoms with Gasteiger partial charge in [0, 0.05) is 10.9 Å². The van der Waals surface area contributed by atoms with Gasteiger partial charge in [-0.05, 0) is 24.2 Å². The van der Waals surface area contributed by atoms with Gasteiger partial charge in [-0.15, -0.1) is 11.6 Å². The highest BCUT2D eigenvalue weighted by Gasteiger charge is 2.46. The van der Waals surface area contributed by atoms with E-state index in [1.165, 1.54) is 0 Å². The third-order valence-electron chi connectivity index (χ3n) is 4.15. The highest BCUT2D eigenvalue weighted by molar-refractivity contribution is 9.11. The number of rotatable bonds is 3. The van der Waals surface area contributed by atoms with Gasteiger partial charge >= 0.3 is 0 Å². The molecule has 0 unspecified atom stereocenters. The van der Waals surface area contributed by atoms with E-state index in [0.29, 0.717) is 10.9 Å². The number of hydrogen-bond donors (Lipinski definition) is 2. The lowest BCUT2D eigenvalue weighted by molar-refractivity contribution is 0.0730. The largest absolute Gasteiger partial charge is 0.410 e. The molecule has 2 N–H and O–H groups in total. The Bertz CT molecular complexity index is 367. The monoisotopic (exact) mass is 370 g/mol. The van der Waals surface area contributed by atoms with Crippen molar-refractivity contribution in [1.29, 1.82) is 0 Å². The molecule has 6 heteroatoms. The third-order valence-corrected chi connectivity index (χ3v) is 9.83. The van der Waals surface area contributed by atoms with E-state index in [-0.39, 0.29) is 17.7 Å². The van der Waals surface area contributed by atoms with Gasteiger partial charge in [0.05, 0.1) is 12.7 Å². The summed E-state index contributed by atoms with van der Waals surface area (Å²) in [4.78, 5) is -1.07. The zero-order chi connectivity index (χ0) is 15.1. The van der Waals surface area contributed by atoms with E-state index in [0.717, 1.165) is 0 Å². The van der Waals surface area contributed by atoms with Gasteiger partial charge in [0.25, 0.3) is 0 Å². The molecule has 0 aliphatic heterocycles. The molecule has 1 aliphatic carbocycles. The molecule has 19 heavy (non-hydrogen) atoms. The van der Waals surface area contributed by atoms with Crippen LogP contribution in [0.25, 0.3) is 0 Å². The van der Waals surface area contributed by atoms with Crippen LogP contribution in [0.15, 0.2) is 10.6 Å². The Morgan fingerprint density at radius 3 is 2.47 bits per heavy atom. The second kappa shape index (κ2) is 5.77. The van der Waals surface area contributed by atoms with E-state index in [4.69, 9.17) is 16.0 Å². The molecule has 0 aromatic heterocycles. The van der Waals surface area contributed by atoms with Crippen molar-refractivity contribution in [3.63, 3.8) is 0 Å². The van der Waals surface area contributed by atoms with Crippen molar-refractivity contribution in [2.24, 2.45) is 0 Å². The molecule has 0 amide bonds. The van der Waals surface area contributed by atoms with Crippen molar-refractivity contribution in [2.45, 2.75) is 62.4 Å². The van der Waals surface area contributed by atoms with Gasteiger partial charge < -0.3 is 14.6 Å². The second-order valence-electron chi connectivity index (χ2n) is 6.77. The number of aliphatic hydroxyl groups excluding tert-OH is 2. The molecule has 0 spiro atoms. The predicted molar refractivity (Wildman–Crippen MR) is 85.4 cm³/mol. The topological polar surface area (TPSA) is 49.7 Å². The normalized spacial score (nSPS) is 33.2. The van der Waals surface area contributed by atoms with Crippen molar-refractivity contribution in [3.05, 3.63) is 10.6 Å². The van der Waals surface area contributed by atoms with Crippen LogP contribution in [-0.4, -0.2) is 42.2 Å². The van der Waals surface area contributed by atoms with Crippen LogP contribution in [0, 0.1) is 0 Å². The highest BCUT2D eigenvalue weighted by atomic mass is 79.9. The zero-order valence-electron chi connectivity index (χ0n) is 12.2. The first-order valence-electron chi connectivity index (χ1n) is 6.46. The van der Waals surface area contributed by atoms with Gasteiger partial charge in [-0.2, -0.15) is 0 Å². The molecule has 3 nitrogen and oxygen atoms in total. The molecule has 112 valence electrons. The van der Waals surface area contributed by atoms with Gasteiger partial charge in [0.15, 0.2) is 8.32 Å². The van der Waals surface area contributed by atoms with Gasteiger partial charge in [-0.1, -0.05) is 36.7 Å². The minimum absolute atomic E-state index is 0.109. The fourth-order valence-corrected chi connectivity index (χ4v) is 4.20. The third kappa shape index (κ3) is 3.83. The van der Waals surface area contributed by atoms with Crippen LogP contribution >= 0.6 is 27.5 Å². The standard InChI is InChI=1S/C13H24BrClO3Si/c1-12(2,3)19(4,5)18-9-6-10(14)11(17)13(15,7-9)8-16/h6,9,11,16-17H,7-8H2,1-5H3/t9-,11+,13+/m1/s1. The molecule has 0 aromatic carbocycles. The Kier molecular flexibility index (Phi) is 5.37. The molecule has 1 aliphatic rings. The van der Waals surface area contributed by atoms with Crippen molar-refractivity contribution in [1.82, 2.24) is 0 Å². The van der Waals surface area contributed by atoms with Crippen LogP contribution in [-0.2, 0) is 4.43 Å². The molecule has 0 heterocycles. The molecular formula is C13H24BrClO3Si. The van der Waals surface area contributed by atoms with Crippen LogP contribution in [0.2, 0.25) is 18.1 Å². The Balaban J connectivity index is 2.93. The summed E-state index contributed by atoms with van der Waals surface area (Å²) >= 11 is 9.63. The zero-order valence-corrected chi connectivity index (χ0v) is 15.5. The molecule has 1 rings (SSSR count). The number of halogens is 2. The molecule has 3 atom stereocenters. The maximum Gasteiger partial charge on any atom is 0.192 e. The Hall–Kier alpha value is 0.607. The lowest BCUT2D eigenvalue weighted by Crippen LogP contribution is -2.50. The molecule has 0 aromatic rings. The lowest BCUT2D eigenvalue weighted by atomic mass is 9.90. The van der Waals surface area contributed by atoms with Crippen LogP contribution < -0.4 is 0 Å². The second-order valence-corrected chi connectivity index (χ2v) is 13.2. The summed E-state index contributed by atoms with van der Waals surface area (Å²) in [5, 5.41) is 19.6. The van der Waals surface area contributed by atoms with Crippen molar-refractivity contribution in [2.75, 3.05) is 6.61 Å². The quantitative estimate of drug-likeness (QED) is 0.590. The number of hydrogen-bond acceptors (Lipinski definition) is 3. The maximum absolute atomic E-state index is 10.0. The first-order valence-corrected chi connectivity index (χ1v) is 10.5. The average Bonchev–Trinajstić information content (AvgIpc) is 2.23. The van der Waals surface area contributed by atoms with Crippen molar-refractivity contribution >= 4 is 35.8 Å². The van der Waals surface area contributed by atoms with Crippen molar-refractivity contribution in [3.8, 4) is 0 Å². The van der Waals surface area contributed by atoms with Crippen molar-refractivity contribution < 1.29 is 14.6 Å². The van der Waals surface area contributed by atoms with E-state index < -0.39 is 19.3 Å². The minimum Gasteiger partial charge on any atom is -0.410 e. The van der Waals surface area contributed by atoms with E-state index >= 15 is 0 Å². The fraction of sp³-hybridized carbons (Fsp3) is 0.846. The van der Waals surface area contributed by atoms with E-state index in [2.05, 4.69) is 49.8 Å². The van der Waals surface area contributed by atoms with Crippen LogP contribution in [0.4, 0.5) is 0 Å². The summed E-state index contributed by atoms with van der Waals surface area (Å²) in [5.41, 5.74) is 0. The van der Waals surface area contributed by atoms with E-state index in [9.17, 15) is 10.2 Å². The van der Waals surface area contributed by atoms with E-state index in [1.807, 2.05) is 6.08 Å². The molecular weight excluding hydrogens is 348 g/mol. The fourth-order valence-electron chi connectivity index (χ4n) is 1.80. The predicted octanol–water partition coefficient (Wildman–Crippen LogP) is 3.39. The van der Waals surface area contributed by atoms with Gasteiger partial charge in [-0.25, -0.2) is 0 Å². The average molecular weight is 372 g/mol. The van der Waals surface area contributed by atoms with Crippen LogP contribution in [0.3, 0.4) is 0 Å². The van der Waals surface area contributed by atoms with Gasteiger partial charge in [0.2, 0.25) is 0 Å². The minimum atomic E-state index is -1.91. The highest BCUT2D eigenvalue weighted by Crippen LogP contribution is 2.42. The summed E-state index contributed by atoms with van der Waals surface area (Å²) in [6.45, 7) is 10.6. The lowest BCUT2D eigenvalue weighted by Gasteiger charge is -2.43. The molecule has 0 saturated carbocycles. The summed E-state index contributed by atoms with van der Waals surface area (Å²) < 4.78 is 6.87. The first kappa shape index (κ1) is 17.7. The molecule has 0 saturated heterocycles. The Morgan fingerprint density at radius 1 is 1.53 bits per heavy atom. The van der Waals surface area contributed by atoms with E-state index in [1.54, 1.807) is 0 Å². The van der Waals surface area contributed by atoms with Gasteiger partial charge in [0.1, 0.15) is 11.0 Å². The first-order chi connectivity index (χ1) is 8.43. The Morgan fingerprint density at radius 2 is 2.05 bits per heavy atom. The van der Waals surface area contributed by atoms with Crippen LogP contribution in [0.1, 0.15) is 27.2 Å². The Labute approximate surface area is 130 Å². The van der Waals surface area contributed by atoms with Gasteiger partial charge in [-0.3, -0.25) is 0 Å². The smallest absolute Gasteiger partial charge is 0.192 e. The summed E-state index contributed by atoms with van der Waals surface area (Å²) in [7, 11) is -1.91. The SMILES string of the molecule is CC(C)(C)[Si](C)(C)O[C@@H]1C=C(Br)[C@H](O)[C@@](Cl)(CO)C1. The molecule has 0 radical (unpaired) electrons. The summed E-state index contributed by atoms with van der Waals surface area (Å²) in [6.07, 6.45) is 1.21. The summed E-state index contributed by atoms with van der Waals surface area (Å²) in [6, 6.07) is 0. The molecule has 0 fully saturated rings. The maximum atomic E-state index is 10.0. The number of aliphatic hydroxyl groups is 2.